The van der Waals surface area contributed by atoms with Crippen LogP contribution >= 0.6 is 0 Å². The van der Waals surface area contributed by atoms with Gasteiger partial charge in [-0.25, -0.2) is 0 Å². The van der Waals surface area contributed by atoms with Gasteiger partial charge in [0.1, 0.15) is 23.0 Å². The average Bonchev–Trinajstić information content (AvgIpc) is 3.05. The van der Waals surface area contributed by atoms with Crippen molar-refractivity contribution in [1.82, 2.24) is 0 Å². The Labute approximate surface area is 294 Å². The zero-order valence-electron chi connectivity index (χ0n) is 32.0. The second-order valence-electron chi connectivity index (χ2n) is 14.7. The van der Waals surface area contributed by atoms with E-state index in [1.165, 1.54) is 22.3 Å². The SMILES string of the molecule is CC(C)CCOc1ccc(C(C)C)cc1.CC(C)COc1ccc(C(C)C)cc1.CC(C)c1ccc(Oc2ccc(C(C)C)cc2)cc1. The van der Waals surface area contributed by atoms with Crippen molar-refractivity contribution in [2.24, 2.45) is 11.8 Å². The fraction of sp³-hybridized carbons (Fsp3) is 0.467. The first kappa shape index (κ1) is 40.5. The smallest absolute Gasteiger partial charge is 0.127 e. The van der Waals surface area contributed by atoms with Crippen LogP contribution in [0.5, 0.6) is 23.0 Å². The van der Waals surface area contributed by atoms with Crippen molar-refractivity contribution in [3.8, 4) is 23.0 Å². The zero-order valence-corrected chi connectivity index (χ0v) is 32.0. The van der Waals surface area contributed by atoms with E-state index in [-0.39, 0.29) is 0 Å². The van der Waals surface area contributed by atoms with Crippen molar-refractivity contribution in [2.45, 2.75) is 113 Å². The van der Waals surface area contributed by atoms with Gasteiger partial charge in [-0.3, -0.25) is 0 Å². The minimum Gasteiger partial charge on any atom is -0.494 e. The lowest BCUT2D eigenvalue weighted by molar-refractivity contribution is 0.271. The van der Waals surface area contributed by atoms with Gasteiger partial charge in [-0.2, -0.15) is 0 Å². The molecular weight excluding hydrogens is 588 g/mol. The molecule has 0 heterocycles. The maximum atomic E-state index is 5.85. The van der Waals surface area contributed by atoms with Gasteiger partial charge in [-0.15, -0.1) is 0 Å². The zero-order chi connectivity index (χ0) is 35.6. The van der Waals surface area contributed by atoms with Crippen LogP contribution < -0.4 is 14.2 Å². The highest BCUT2D eigenvalue weighted by molar-refractivity contribution is 5.36. The summed E-state index contributed by atoms with van der Waals surface area (Å²) in [6.07, 6.45) is 1.12. The summed E-state index contributed by atoms with van der Waals surface area (Å²) in [4.78, 5) is 0. The average molecular weight is 653 g/mol. The summed E-state index contributed by atoms with van der Waals surface area (Å²) < 4.78 is 17.1. The molecule has 4 aromatic carbocycles. The third-order valence-corrected chi connectivity index (χ3v) is 7.97. The summed E-state index contributed by atoms with van der Waals surface area (Å²) in [5.41, 5.74) is 5.40. The summed E-state index contributed by atoms with van der Waals surface area (Å²) in [5.74, 6) is 7.33. The molecule has 0 fully saturated rings. The van der Waals surface area contributed by atoms with E-state index < -0.39 is 0 Å². The Morgan fingerprint density at radius 3 is 0.917 bits per heavy atom. The molecule has 0 amide bonds. The molecule has 0 spiro atoms. The lowest BCUT2D eigenvalue weighted by Gasteiger charge is -2.10. The molecule has 3 heteroatoms. The van der Waals surface area contributed by atoms with Crippen molar-refractivity contribution < 1.29 is 14.2 Å². The monoisotopic (exact) mass is 652 g/mol. The predicted molar refractivity (Wildman–Crippen MR) is 207 cm³/mol. The quantitative estimate of drug-likeness (QED) is 0.144. The topological polar surface area (TPSA) is 27.7 Å². The lowest BCUT2D eigenvalue weighted by Crippen LogP contribution is -2.04. The third-order valence-electron chi connectivity index (χ3n) is 7.97. The van der Waals surface area contributed by atoms with E-state index in [4.69, 9.17) is 14.2 Å². The summed E-state index contributed by atoms with van der Waals surface area (Å²) in [5, 5.41) is 0. The predicted octanol–water partition coefficient (Wildman–Crippen LogP) is 13.8. The van der Waals surface area contributed by atoms with Crippen molar-refractivity contribution in [3.05, 3.63) is 119 Å². The van der Waals surface area contributed by atoms with Crippen LogP contribution in [0, 0.1) is 11.8 Å². The highest BCUT2D eigenvalue weighted by Crippen LogP contribution is 2.26. The minimum atomic E-state index is 0.555. The van der Waals surface area contributed by atoms with Crippen molar-refractivity contribution in [1.29, 1.82) is 0 Å². The maximum Gasteiger partial charge on any atom is 0.127 e. The van der Waals surface area contributed by atoms with Crippen LogP contribution in [-0.2, 0) is 0 Å². The Kier molecular flexibility index (Phi) is 17.9. The molecule has 0 saturated carbocycles. The van der Waals surface area contributed by atoms with Gasteiger partial charge in [-0.1, -0.05) is 132 Å². The van der Waals surface area contributed by atoms with Gasteiger partial charge in [0.05, 0.1) is 13.2 Å². The highest BCUT2D eigenvalue weighted by Gasteiger charge is 2.04. The van der Waals surface area contributed by atoms with Gasteiger partial charge in [-0.05, 0) is 113 Å². The highest BCUT2D eigenvalue weighted by atomic mass is 16.5. The van der Waals surface area contributed by atoms with E-state index in [1.807, 2.05) is 24.3 Å². The standard InChI is InChI=1S/C18H22O.C14H22O.C13H20O/c1-13(2)15-5-9-17(10-6-15)19-18-11-7-16(8-12-18)14(3)4;1-11(2)9-10-15-14-7-5-13(6-8-14)12(3)4;1-10(2)9-14-13-7-5-12(6-8-13)11(3)4/h5-14H,1-4H3;5-8,11-12H,9-10H2,1-4H3;5-8,10-11H,9H2,1-4H3. The molecule has 0 aliphatic carbocycles. The summed E-state index contributed by atoms with van der Waals surface area (Å²) in [6.45, 7) is 27.9. The molecule has 262 valence electrons. The molecule has 0 aliphatic rings. The second kappa shape index (κ2) is 21.3. The molecular formula is C45H64O3. The summed E-state index contributed by atoms with van der Waals surface area (Å²) >= 11 is 0. The van der Waals surface area contributed by atoms with Crippen molar-refractivity contribution in [2.75, 3.05) is 13.2 Å². The molecule has 0 aliphatic heterocycles. The number of hydrogen-bond donors (Lipinski definition) is 0. The van der Waals surface area contributed by atoms with E-state index in [9.17, 15) is 0 Å². The number of hydrogen-bond acceptors (Lipinski definition) is 3. The van der Waals surface area contributed by atoms with Gasteiger partial charge in [0.2, 0.25) is 0 Å². The normalized spacial score (nSPS) is 11.0. The largest absolute Gasteiger partial charge is 0.494 e. The van der Waals surface area contributed by atoms with Gasteiger partial charge in [0.25, 0.3) is 0 Å². The molecule has 0 atom stereocenters. The van der Waals surface area contributed by atoms with Crippen LogP contribution in [0.4, 0.5) is 0 Å². The Morgan fingerprint density at radius 2 is 0.646 bits per heavy atom. The Hall–Kier alpha value is -3.72. The van der Waals surface area contributed by atoms with Crippen LogP contribution in [0.15, 0.2) is 97.1 Å². The summed E-state index contributed by atoms with van der Waals surface area (Å²) in [6, 6.07) is 33.5. The lowest BCUT2D eigenvalue weighted by atomic mass is 10.0. The van der Waals surface area contributed by atoms with Crippen LogP contribution in [0.25, 0.3) is 0 Å². The fourth-order valence-corrected chi connectivity index (χ4v) is 4.55. The third kappa shape index (κ3) is 15.9. The van der Waals surface area contributed by atoms with E-state index in [1.54, 1.807) is 0 Å². The van der Waals surface area contributed by atoms with E-state index in [0.29, 0.717) is 35.5 Å². The first-order valence-corrected chi connectivity index (χ1v) is 18.1. The second-order valence-corrected chi connectivity index (χ2v) is 14.7. The molecule has 3 nitrogen and oxygen atoms in total. The molecule has 0 unspecified atom stereocenters. The molecule has 0 radical (unpaired) electrons. The van der Waals surface area contributed by atoms with Crippen molar-refractivity contribution >= 4 is 0 Å². The Morgan fingerprint density at radius 1 is 0.354 bits per heavy atom. The number of rotatable bonds is 13. The van der Waals surface area contributed by atoms with Gasteiger partial charge in [0, 0.05) is 0 Å². The fourth-order valence-electron chi connectivity index (χ4n) is 4.55. The number of benzene rings is 4. The molecule has 4 rings (SSSR count). The van der Waals surface area contributed by atoms with Crippen LogP contribution in [-0.4, -0.2) is 13.2 Å². The van der Waals surface area contributed by atoms with E-state index in [0.717, 1.165) is 42.6 Å². The van der Waals surface area contributed by atoms with Gasteiger partial charge in [0.15, 0.2) is 0 Å². The molecule has 0 saturated heterocycles. The molecule has 0 bridgehead atoms. The Bertz CT molecular complexity index is 1330. The van der Waals surface area contributed by atoms with Crippen LogP contribution in [0.1, 0.15) is 135 Å². The maximum absolute atomic E-state index is 5.85. The van der Waals surface area contributed by atoms with Crippen molar-refractivity contribution in [3.63, 3.8) is 0 Å². The molecule has 0 N–H and O–H groups in total. The number of ether oxygens (including phenoxy) is 3. The van der Waals surface area contributed by atoms with Gasteiger partial charge < -0.3 is 14.2 Å². The van der Waals surface area contributed by atoms with E-state index >= 15 is 0 Å². The summed E-state index contributed by atoms with van der Waals surface area (Å²) in [7, 11) is 0. The first-order valence-electron chi connectivity index (χ1n) is 18.1. The van der Waals surface area contributed by atoms with Crippen LogP contribution in [0.3, 0.4) is 0 Å². The molecule has 48 heavy (non-hydrogen) atoms. The molecule has 0 aromatic heterocycles. The minimum absolute atomic E-state index is 0.555. The van der Waals surface area contributed by atoms with Crippen LogP contribution in [0.2, 0.25) is 0 Å². The van der Waals surface area contributed by atoms with E-state index in [2.05, 4.69) is 156 Å². The Balaban J connectivity index is 0.000000254. The molecule has 4 aromatic rings. The van der Waals surface area contributed by atoms with Gasteiger partial charge >= 0.3 is 0 Å². The first-order chi connectivity index (χ1) is 22.7.